The van der Waals surface area contributed by atoms with Gasteiger partial charge in [-0.15, -0.1) is 0 Å². The molecule has 5 atom stereocenters. The Labute approximate surface area is 140 Å². The van der Waals surface area contributed by atoms with Gasteiger partial charge in [0, 0.05) is 34.6 Å². The fourth-order valence-electron chi connectivity index (χ4n) is 5.01. The quantitative estimate of drug-likeness (QED) is 0.561. The lowest BCUT2D eigenvalue weighted by atomic mass is 9.68. The number of allylic oxidation sites excluding steroid dienone is 1. The van der Waals surface area contributed by atoms with Crippen LogP contribution in [0, 0.1) is 11.8 Å². The number of hydrogen-bond donors (Lipinski definition) is 4. The van der Waals surface area contributed by atoms with E-state index in [4.69, 9.17) is 4.74 Å². The van der Waals surface area contributed by atoms with E-state index in [1.807, 2.05) is 12.1 Å². The molecule has 0 aliphatic carbocycles. The number of nitrogens with one attached hydrogen (secondary N) is 2. The first-order valence-corrected chi connectivity index (χ1v) is 8.70. The Morgan fingerprint density at radius 2 is 2.21 bits per heavy atom. The molecule has 5 rings (SSSR count). The lowest BCUT2D eigenvalue weighted by Crippen LogP contribution is -2.58. The summed E-state index contributed by atoms with van der Waals surface area (Å²) in [6.45, 7) is 2.59. The monoisotopic (exact) mass is 326 g/mol. The van der Waals surface area contributed by atoms with Gasteiger partial charge in [-0.2, -0.15) is 0 Å². The van der Waals surface area contributed by atoms with Gasteiger partial charge in [0.2, 0.25) is 0 Å². The van der Waals surface area contributed by atoms with Crippen LogP contribution in [0.2, 0.25) is 0 Å². The van der Waals surface area contributed by atoms with Gasteiger partial charge < -0.3 is 25.3 Å². The number of rotatable bonds is 0. The number of aliphatic hydroxyl groups is 1. The largest absolute Gasteiger partial charge is 0.508 e. The highest BCUT2D eigenvalue weighted by Crippen LogP contribution is 2.48. The van der Waals surface area contributed by atoms with E-state index < -0.39 is 6.29 Å². The molecule has 4 N–H and O–H groups in total. The average molecular weight is 326 g/mol. The Balaban J connectivity index is 1.63. The Kier molecular flexibility index (Phi) is 3.08. The molecule has 2 aromatic rings. The number of phenols is 1. The smallest absolute Gasteiger partial charge is 0.159 e. The highest BCUT2D eigenvalue weighted by Gasteiger charge is 2.49. The Morgan fingerprint density at radius 3 is 3.04 bits per heavy atom. The molecule has 126 valence electrons. The lowest BCUT2D eigenvalue weighted by molar-refractivity contribution is -0.176. The number of aromatic nitrogens is 1. The third-order valence-electron chi connectivity index (χ3n) is 6.13. The summed E-state index contributed by atoms with van der Waals surface area (Å²) >= 11 is 0. The summed E-state index contributed by atoms with van der Waals surface area (Å²) < 4.78 is 5.62. The molecule has 2 fully saturated rings. The van der Waals surface area contributed by atoms with Crippen LogP contribution in [0.4, 0.5) is 0 Å². The maximum Gasteiger partial charge on any atom is 0.159 e. The van der Waals surface area contributed by atoms with E-state index in [0.29, 0.717) is 18.3 Å². The maximum atomic E-state index is 10.4. The second-order valence-corrected chi connectivity index (χ2v) is 7.26. The highest BCUT2D eigenvalue weighted by molar-refractivity contribution is 5.86. The van der Waals surface area contributed by atoms with Crippen LogP contribution >= 0.6 is 0 Å². The van der Waals surface area contributed by atoms with Gasteiger partial charge in [0.05, 0.1) is 6.61 Å². The molecule has 2 saturated heterocycles. The number of hydrogen-bond acceptors (Lipinski definition) is 4. The highest BCUT2D eigenvalue weighted by atomic mass is 16.6. The van der Waals surface area contributed by atoms with E-state index in [9.17, 15) is 10.2 Å². The van der Waals surface area contributed by atoms with Crippen LogP contribution in [0.25, 0.3) is 10.9 Å². The van der Waals surface area contributed by atoms with Crippen molar-refractivity contribution in [2.24, 2.45) is 11.8 Å². The number of aliphatic hydroxyl groups excluding tert-OH is 1. The molecule has 0 radical (unpaired) electrons. The number of ether oxygens (including phenoxy) is 1. The Morgan fingerprint density at radius 1 is 1.33 bits per heavy atom. The third kappa shape index (κ3) is 1.92. The zero-order chi connectivity index (χ0) is 16.4. The van der Waals surface area contributed by atoms with Crippen molar-refractivity contribution in [1.82, 2.24) is 10.3 Å². The molecule has 1 aromatic heterocycles. The minimum atomic E-state index is -0.711. The van der Waals surface area contributed by atoms with Gasteiger partial charge >= 0.3 is 0 Å². The van der Waals surface area contributed by atoms with E-state index in [1.54, 1.807) is 6.07 Å². The van der Waals surface area contributed by atoms with Crippen molar-refractivity contribution in [2.45, 2.75) is 38.1 Å². The molecule has 3 aliphatic heterocycles. The fourth-order valence-corrected chi connectivity index (χ4v) is 5.01. The molecule has 1 aromatic carbocycles. The van der Waals surface area contributed by atoms with E-state index in [0.717, 1.165) is 23.7 Å². The van der Waals surface area contributed by atoms with Gasteiger partial charge in [0.25, 0.3) is 0 Å². The second kappa shape index (κ2) is 5.09. The fraction of sp³-hybridized carbons (Fsp3) is 0.474. The molecule has 24 heavy (non-hydrogen) atoms. The van der Waals surface area contributed by atoms with Crippen LogP contribution in [-0.4, -0.2) is 34.1 Å². The van der Waals surface area contributed by atoms with E-state index in [-0.39, 0.29) is 18.0 Å². The number of H-pyrrole nitrogens is 1. The van der Waals surface area contributed by atoms with Crippen molar-refractivity contribution in [2.75, 3.05) is 6.61 Å². The first-order valence-electron chi connectivity index (χ1n) is 8.70. The summed E-state index contributed by atoms with van der Waals surface area (Å²) in [6.07, 6.45) is 3.24. The number of aromatic hydroxyl groups is 1. The SMILES string of the molecule is C/C=C1/CO[C@@H](O)[C@H]2[C@@H]3Cc4c([nH]c5ccc(O)cc45)[C@H](C[C@@H]12)N3. The molecular formula is C19H22N2O3. The second-order valence-electron chi connectivity index (χ2n) is 7.26. The van der Waals surface area contributed by atoms with E-state index in [2.05, 4.69) is 23.3 Å². The summed E-state index contributed by atoms with van der Waals surface area (Å²) in [6, 6.07) is 5.95. The number of piperidine rings is 1. The van der Waals surface area contributed by atoms with Crippen molar-refractivity contribution in [1.29, 1.82) is 0 Å². The van der Waals surface area contributed by atoms with Gasteiger partial charge in [-0.05, 0) is 55.0 Å². The van der Waals surface area contributed by atoms with Crippen LogP contribution in [0.5, 0.6) is 5.75 Å². The van der Waals surface area contributed by atoms with Crippen LogP contribution < -0.4 is 5.32 Å². The summed E-state index contributed by atoms with van der Waals surface area (Å²) in [5.74, 6) is 0.739. The first-order chi connectivity index (χ1) is 11.7. The predicted octanol–water partition coefficient (Wildman–Crippen LogP) is 2.36. The lowest BCUT2D eigenvalue weighted by Gasteiger charge is -2.50. The van der Waals surface area contributed by atoms with Crippen molar-refractivity contribution in [3.63, 3.8) is 0 Å². The summed E-state index contributed by atoms with van der Waals surface area (Å²) in [5, 5.41) is 25.1. The molecule has 4 heterocycles. The molecular weight excluding hydrogens is 304 g/mol. The van der Waals surface area contributed by atoms with Gasteiger partial charge in [-0.3, -0.25) is 0 Å². The topological polar surface area (TPSA) is 77.5 Å². The van der Waals surface area contributed by atoms with E-state index in [1.165, 1.54) is 16.8 Å². The zero-order valence-electron chi connectivity index (χ0n) is 13.6. The Hall–Kier alpha value is -1.82. The van der Waals surface area contributed by atoms with Crippen molar-refractivity contribution in [3.05, 3.63) is 41.1 Å². The van der Waals surface area contributed by atoms with Crippen molar-refractivity contribution < 1.29 is 14.9 Å². The first kappa shape index (κ1) is 14.5. The molecule has 5 nitrogen and oxygen atoms in total. The molecule has 0 saturated carbocycles. The van der Waals surface area contributed by atoms with Gasteiger partial charge in [0.15, 0.2) is 6.29 Å². The minimum absolute atomic E-state index is 0.0802. The Bertz CT molecular complexity index is 840. The van der Waals surface area contributed by atoms with Gasteiger partial charge in [0.1, 0.15) is 5.75 Å². The normalized spacial score (nSPS) is 36.6. The van der Waals surface area contributed by atoms with Gasteiger partial charge in [-0.25, -0.2) is 0 Å². The number of fused-ring (bicyclic) bond motifs is 8. The zero-order valence-corrected chi connectivity index (χ0v) is 13.6. The van der Waals surface area contributed by atoms with Crippen LogP contribution in [-0.2, 0) is 11.2 Å². The van der Waals surface area contributed by atoms with Crippen LogP contribution in [0.1, 0.15) is 30.6 Å². The van der Waals surface area contributed by atoms with Crippen LogP contribution in [0.3, 0.4) is 0 Å². The molecule has 2 bridgehead atoms. The maximum absolute atomic E-state index is 10.4. The number of aromatic amines is 1. The third-order valence-corrected chi connectivity index (χ3v) is 6.13. The number of phenolic OH excluding ortho intramolecular Hbond substituents is 1. The minimum Gasteiger partial charge on any atom is -0.508 e. The summed E-state index contributed by atoms with van der Waals surface area (Å²) in [5.41, 5.74) is 4.88. The standard InChI is InChI=1S/C19H22N2O3/c1-2-9-8-24-19(23)17-11(9)6-16-18-13(7-15(17)20-16)12-5-10(22)3-4-14(12)21-18/h2-5,11,15-17,19-23H,6-8H2,1H3/b9-2-/t11-,15-,16-,17+,19+/m0/s1. The average Bonchev–Trinajstić information content (AvgIpc) is 2.93. The summed E-state index contributed by atoms with van der Waals surface area (Å²) in [7, 11) is 0. The van der Waals surface area contributed by atoms with E-state index >= 15 is 0 Å². The molecule has 0 unspecified atom stereocenters. The predicted molar refractivity (Wildman–Crippen MR) is 90.6 cm³/mol. The molecule has 5 heteroatoms. The number of benzene rings is 1. The van der Waals surface area contributed by atoms with Crippen LogP contribution in [0.15, 0.2) is 29.8 Å². The molecule has 3 aliphatic rings. The molecule has 0 amide bonds. The molecule has 0 spiro atoms. The van der Waals surface area contributed by atoms with Crippen molar-refractivity contribution in [3.8, 4) is 5.75 Å². The van der Waals surface area contributed by atoms with Crippen molar-refractivity contribution >= 4 is 10.9 Å². The summed E-state index contributed by atoms with van der Waals surface area (Å²) in [4.78, 5) is 3.55. The van der Waals surface area contributed by atoms with Gasteiger partial charge in [-0.1, -0.05) is 6.08 Å².